The summed E-state index contributed by atoms with van der Waals surface area (Å²) in [6, 6.07) is 7.11. The Hall–Kier alpha value is -2.57. The average molecular weight is 357 g/mol. The van der Waals surface area contributed by atoms with E-state index in [1.165, 1.54) is 4.90 Å². The maximum Gasteiger partial charge on any atom is 0.329 e. The maximum absolute atomic E-state index is 12.8. The van der Waals surface area contributed by atoms with Crippen molar-refractivity contribution >= 4 is 23.6 Å². The normalized spacial score (nSPS) is 22.3. The molecule has 1 aliphatic carbocycles. The lowest BCUT2D eigenvalue weighted by Gasteiger charge is -2.22. The van der Waals surface area contributed by atoms with Crippen LogP contribution in [0.15, 0.2) is 29.3 Å². The minimum absolute atomic E-state index is 0.154. The Bertz CT molecular complexity index is 727. The molecule has 1 aliphatic heterocycles. The van der Waals surface area contributed by atoms with Crippen LogP contribution in [0.5, 0.6) is 0 Å². The van der Waals surface area contributed by atoms with Gasteiger partial charge in [-0.25, -0.2) is 14.7 Å². The molecule has 1 N–H and O–H groups in total. The predicted octanol–water partition coefficient (Wildman–Crippen LogP) is 1.89. The van der Waals surface area contributed by atoms with Gasteiger partial charge in [0.05, 0.1) is 12.2 Å². The number of nitrogens with zero attached hydrogens (tertiary/aromatic N) is 4. The van der Waals surface area contributed by atoms with Crippen molar-refractivity contribution in [3.63, 3.8) is 0 Å². The molecular weight excluding hydrogens is 330 g/mol. The quantitative estimate of drug-likeness (QED) is 0.508. The van der Waals surface area contributed by atoms with E-state index in [2.05, 4.69) is 10.3 Å². The first-order valence-electron chi connectivity index (χ1n) is 8.89. The number of amides is 3. The van der Waals surface area contributed by atoms with Gasteiger partial charge in [0.2, 0.25) is 0 Å². The highest BCUT2D eigenvalue weighted by molar-refractivity contribution is 6.23. The Balaban J connectivity index is 1.75. The van der Waals surface area contributed by atoms with Crippen molar-refractivity contribution < 1.29 is 9.59 Å². The molecule has 2 aliphatic rings. The molecule has 0 aromatic heterocycles. The van der Waals surface area contributed by atoms with E-state index < -0.39 is 5.54 Å². The summed E-state index contributed by atoms with van der Waals surface area (Å²) in [5.41, 5.74) is 0.865. The maximum atomic E-state index is 12.8. The minimum atomic E-state index is -0.758. The first-order chi connectivity index (χ1) is 12.2. The molecule has 7 heteroatoms. The van der Waals surface area contributed by atoms with Crippen molar-refractivity contribution in [2.24, 2.45) is 10.9 Å². The van der Waals surface area contributed by atoms with Crippen LogP contribution in [0.25, 0.3) is 0 Å². The average Bonchev–Trinajstić information content (AvgIpc) is 3.38. The summed E-state index contributed by atoms with van der Waals surface area (Å²) in [6.45, 7) is 2.36. The lowest BCUT2D eigenvalue weighted by atomic mass is 9.96. The zero-order valence-electron chi connectivity index (χ0n) is 16.1. The Morgan fingerprint density at radius 3 is 2.23 bits per heavy atom. The summed E-state index contributed by atoms with van der Waals surface area (Å²) < 4.78 is 0. The number of nitrogens with one attached hydrogen (secondary N) is 1. The molecular formula is C19H27N5O2. The van der Waals surface area contributed by atoms with Gasteiger partial charge in [0, 0.05) is 28.2 Å². The Morgan fingerprint density at radius 2 is 1.73 bits per heavy atom. The number of hydrogen-bond acceptors (Lipinski definition) is 3. The van der Waals surface area contributed by atoms with Gasteiger partial charge in [-0.2, -0.15) is 0 Å². The molecule has 1 saturated heterocycles. The van der Waals surface area contributed by atoms with E-state index in [1.807, 2.05) is 69.2 Å². The third kappa shape index (κ3) is 3.25. The van der Waals surface area contributed by atoms with Crippen molar-refractivity contribution in [1.82, 2.24) is 15.1 Å². The van der Waals surface area contributed by atoms with Crippen LogP contribution in [0.4, 0.5) is 10.5 Å². The second-order valence-electron chi connectivity index (χ2n) is 7.62. The summed E-state index contributed by atoms with van der Waals surface area (Å²) in [5.74, 6) is 0.981. The van der Waals surface area contributed by atoms with Crippen molar-refractivity contribution in [3.8, 4) is 0 Å². The number of rotatable bonds is 4. The molecule has 1 unspecified atom stereocenters. The summed E-state index contributed by atoms with van der Waals surface area (Å²) >= 11 is 0. The molecule has 1 atom stereocenters. The second-order valence-corrected chi connectivity index (χ2v) is 7.62. The van der Waals surface area contributed by atoms with E-state index >= 15 is 0 Å². The van der Waals surface area contributed by atoms with Gasteiger partial charge in [-0.15, -0.1) is 0 Å². The first kappa shape index (κ1) is 18.2. The van der Waals surface area contributed by atoms with Crippen LogP contribution < -0.4 is 10.2 Å². The highest BCUT2D eigenvalue weighted by atomic mass is 16.2. The zero-order chi connectivity index (χ0) is 19.1. The molecule has 140 valence electrons. The van der Waals surface area contributed by atoms with Crippen LogP contribution in [0.2, 0.25) is 0 Å². The highest BCUT2D eigenvalue weighted by Gasteiger charge is 2.56. The SMILES string of the molecule is CN(C)C(=NCc1ccc(N2C(=O)NC(C)(C3CC3)C2=O)cc1)N(C)C. The minimum Gasteiger partial charge on any atom is -0.349 e. The lowest BCUT2D eigenvalue weighted by molar-refractivity contribution is -0.122. The fraction of sp³-hybridized carbons (Fsp3) is 0.526. The van der Waals surface area contributed by atoms with Crippen molar-refractivity contribution in [2.45, 2.75) is 31.8 Å². The molecule has 0 spiro atoms. The van der Waals surface area contributed by atoms with Crippen LogP contribution in [0.3, 0.4) is 0 Å². The third-order valence-electron chi connectivity index (χ3n) is 5.01. The molecule has 1 aromatic carbocycles. The molecule has 3 amide bonds. The standard InChI is InChI=1S/C19H27N5O2/c1-19(14-8-9-14)16(25)24(18(26)21-19)15-10-6-13(7-11-15)12-20-17(22(2)3)23(4)5/h6-7,10-11,14H,8-9,12H2,1-5H3,(H,21,26). The number of carbonyl (C=O) groups excluding carboxylic acids is 2. The largest absolute Gasteiger partial charge is 0.349 e. The Morgan fingerprint density at radius 1 is 1.15 bits per heavy atom. The van der Waals surface area contributed by atoms with Crippen LogP contribution in [0.1, 0.15) is 25.3 Å². The summed E-state index contributed by atoms with van der Waals surface area (Å²) in [7, 11) is 7.82. The van der Waals surface area contributed by atoms with Crippen LogP contribution >= 0.6 is 0 Å². The van der Waals surface area contributed by atoms with Gasteiger partial charge in [-0.05, 0) is 43.4 Å². The predicted molar refractivity (Wildman–Crippen MR) is 102 cm³/mol. The van der Waals surface area contributed by atoms with E-state index in [0.29, 0.717) is 12.2 Å². The molecule has 26 heavy (non-hydrogen) atoms. The van der Waals surface area contributed by atoms with Crippen LogP contribution in [-0.4, -0.2) is 61.4 Å². The highest BCUT2D eigenvalue weighted by Crippen LogP contribution is 2.43. The van der Waals surface area contributed by atoms with Gasteiger partial charge in [-0.1, -0.05) is 12.1 Å². The molecule has 0 radical (unpaired) electrons. The number of guanidine groups is 1. The summed E-state index contributed by atoms with van der Waals surface area (Å²) in [4.78, 5) is 34.9. The Labute approximate surface area is 154 Å². The molecule has 1 aromatic rings. The van der Waals surface area contributed by atoms with Gasteiger partial charge in [0.15, 0.2) is 5.96 Å². The van der Waals surface area contributed by atoms with Crippen molar-refractivity contribution in [1.29, 1.82) is 0 Å². The summed E-state index contributed by atoms with van der Waals surface area (Å²) in [5, 5.41) is 2.87. The van der Waals surface area contributed by atoms with E-state index in [0.717, 1.165) is 24.4 Å². The van der Waals surface area contributed by atoms with Crippen molar-refractivity contribution in [3.05, 3.63) is 29.8 Å². The van der Waals surface area contributed by atoms with E-state index in [-0.39, 0.29) is 17.9 Å². The van der Waals surface area contributed by atoms with Gasteiger partial charge < -0.3 is 15.1 Å². The molecule has 3 rings (SSSR count). The lowest BCUT2D eigenvalue weighted by Crippen LogP contribution is -2.46. The zero-order valence-corrected chi connectivity index (χ0v) is 16.1. The topological polar surface area (TPSA) is 68.2 Å². The molecule has 1 saturated carbocycles. The number of carbonyl (C=O) groups is 2. The third-order valence-corrected chi connectivity index (χ3v) is 5.01. The van der Waals surface area contributed by atoms with Crippen molar-refractivity contribution in [2.75, 3.05) is 33.1 Å². The second kappa shape index (κ2) is 6.63. The monoisotopic (exact) mass is 357 g/mol. The first-order valence-corrected chi connectivity index (χ1v) is 8.89. The van der Waals surface area contributed by atoms with Crippen LogP contribution in [-0.2, 0) is 11.3 Å². The van der Waals surface area contributed by atoms with Gasteiger partial charge >= 0.3 is 6.03 Å². The number of aliphatic imine (C=N–C) groups is 1. The molecule has 0 bridgehead atoms. The van der Waals surface area contributed by atoms with E-state index in [1.54, 1.807) is 0 Å². The number of imide groups is 1. The van der Waals surface area contributed by atoms with E-state index in [9.17, 15) is 9.59 Å². The molecule has 7 nitrogen and oxygen atoms in total. The van der Waals surface area contributed by atoms with E-state index in [4.69, 9.17) is 0 Å². The van der Waals surface area contributed by atoms with Gasteiger partial charge in [-0.3, -0.25) is 4.79 Å². The van der Waals surface area contributed by atoms with Gasteiger partial charge in [0.1, 0.15) is 5.54 Å². The number of hydrogen-bond donors (Lipinski definition) is 1. The fourth-order valence-corrected chi connectivity index (χ4v) is 3.42. The molecule has 1 heterocycles. The smallest absolute Gasteiger partial charge is 0.329 e. The number of benzene rings is 1. The van der Waals surface area contributed by atoms with Crippen LogP contribution in [0, 0.1) is 5.92 Å². The number of urea groups is 1. The fourth-order valence-electron chi connectivity index (χ4n) is 3.42. The molecule has 2 fully saturated rings. The summed E-state index contributed by atoms with van der Waals surface area (Å²) in [6.07, 6.45) is 1.99. The van der Waals surface area contributed by atoms with Gasteiger partial charge in [0.25, 0.3) is 5.91 Å². The number of anilines is 1. The Kier molecular flexibility index (Phi) is 4.64.